The number of hydrogen-bond acceptors (Lipinski definition) is 6. The van der Waals surface area contributed by atoms with E-state index in [1.165, 1.54) is 0 Å². The number of carboxylic acids is 2. The number of unbranched alkanes of at least 4 members (excludes halogenated alkanes) is 1. The molecule has 9 nitrogen and oxygen atoms in total. The molecule has 1 aromatic carbocycles. The molecule has 0 radical (unpaired) electrons. The molecule has 0 heterocycles. The van der Waals surface area contributed by atoms with Gasteiger partial charge >= 0.3 is 18.0 Å². The third-order valence-electron chi connectivity index (χ3n) is 4.22. The van der Waals surface area contributed by atoms with Crippen molar-refractivity contribution >= 4 is 35.7 Å². The average Bonchev–Trinajstić information content (AvgIpc) is 2.72. The minimum absolute atomic E-state index is 0.0482. The first-order chi connectivity index (χ1) is 14.3. The Morgan fingerprint density at radius 2 is 1.70 bits per heavy atom. The van der Waals surface area contributed by atoms with Crippen LogP contribution in [0.15, 0.2) is 29.2 Å². The van der Waals surface area contributed by atoms with Gasteiger partial charge in [0.15, 0.2) is 0 Å². The second-order valence-corrected chi connectivity index (χ2v) is 7.42. The van der Waals surface area contributed by atoms with Gasteiger partial charge in [-0.1, -0.05) is 13.3 Å². The highest BCUT2D eigenvalue weighted by Crippen LogP contribution is 2.14. The van der Waals surface area contributed by atoms with Crippen molar-refractivity contribution in [3.8, 4) is 0 Å². The number of carboxylic acid groups (broad SMARTS) is 2. The lowest BCUT2D eigenvalue weighted by Crippen LogP contribution is -2.43. The van der Waals surface area contributed by atoms with Crippen LogP contribution in [-0.2, 0) is 14.3 Å². The molecule has 10 heteroatoms. The van der Waals surface area contributed by atoms with Gasteiger partial charge in [-0.05, 0) is 56.2 Å². The molecule has 0 unspecified atom stereocenters. The van der Waals surface area contributed by atoms with Crippen molar-refractivity contribution in [2.24, 2.45) is 0 Å². The maximum atomic E-state index is 12.1. The summed E-state index contributed by atoms with van der Waals surface area (Å²) in [5.41, 5.74) is 0.538. The molecule has 166 valence electrons. The molecule has 2 atom stereocenters. The first-order valence-electron chi connectivity index (χ1n) is 9.63. The minimum Gasteiger partial charge on any atom is -0.480 e. The number of amides is 2. The topological polar surface area (TPSA) is 142 Å². The van der Waals surface area contributed by atoms with Gasteiger partial charge < -0.3 is 25.6 Å². The lowest BCUT2D eigenvalue weighted by atomic mass is 10.1. The van der Waals surface area contributed by atoms with Gasteiger partial charge in [-0.2, -0.15) is 0 Å². The summed E-state index contributed by atoms with van der Waals surface area (Å²) in [5.74, 6) is -2.74. The number of aliphatic carboxylic acids is 2. The molecule has 0 fully saturated rings. The quantitative estimate of drug-likeness (QED) is 0.271. The standard InChI is InChI=1S/C20H28N2O7S/c1-3-6-15(18(24)25)22-20(28)29-16(19(26)27)7-4-5-12-21-17(23)13-8-10-14(30-2)11-9-13/h8-11,15-16H,3-7,12H2,1-2H3,(H,21,23)(H,22,28)(H,24,25)(H,26,27)/t15-,16-/m0/s1. The number of alkyl carbamates (subject to hydrolysis) is 1. The molecular weight excluding hydrogens is 412 g/mol. The summed E-state index contributed by atoms with van der Waals surface area (Å²) >= 11 is 1.58. The summed E-state index contributed by atoms with van der Waals surface area (Å²) in [7, 11) is 0. The summed E-state index contributed by atoms with van der Waals surface area (Å²) in [4.78, 5) is 47.3. The number of carbonyl (C=O) groups excluding carboxylic acids is 2. The summed E-state index contributed by atoms with van der Waals surface area (Å²) in [6, 6.07) is 6.05. The highest BCUT2D eigenvalue weighted by atomic mass is 32.2. The van der Waals surface area contributed by atoms with Crippen LogP contribution in [0.5, 0.6) is 0 Å². The summed E-state index contributed by atoms with van der Waals surface area (Å²) in [6.07, 6.45) is 1.16. The van der Waals surface area contributed by atoms with Crippen LogP contribution in [0.1, 0.15) is 49.4 Å². The SMILES string of the molecule is CCC[C@H](NC(=O)O[C@@H](CCCCNC(=O)c1ccc(SC)cc1)C(=O)O)C(=O)O. The minimum atomic E-state index is -1.39. The van der Waals surface area contributed by atoms with Crippen molar-refractivity contribution in [3.05, 3.63) is 29.8 Å². The fraction of sp³-hybridized carbons (Fsp3) is 0.500. The van der Waals surface area contributed by atoms with Crippen LogP contribution in [-0.4, -0.2) is 59.1 Å². The second kappa shape index (κ2) is 13.5. The fourth-order valence-corrected chi connectivity index (χ4v) is 2.99. The molecule has 0 saturated carbocycles. The van der Waals surface area contributed by atoms with Crippen LogP contribution in [0.2, 0.25) is 0 Å². The van der Waals surface area contributed by atoms with Gasteiger partial charge in [0.2, 0.25) is 6.10 Å². The molecule has 2 amide bonds. The molecule has 0 aromatic heterocycles. The van der Waals surface area contributed by atoms with E-state index in [0.29, 0.717) is 31.4 Å². The number of benzene rings is 1. The smallest absolute Gasteiger partial charge is 0.408 e. The average molecular weight is 441 g/mol. The largest absolute Gasteiger partial charge is 0.480 e. The van der Waals surface area contributed by atoms with Crippen molar-refractivity contribution < 1.29 is 34.1 Å². The predicted molar refractivity (Wildman–Crippen MR) is 112 cm³/mol. The zero-order chi connectivity index (χ0) is 22.5. The molecule has 0 aliphatic carbocycles. The van der Waals surface area contributed by atoms with Crippen LogP contribution < -0.4 is 10.6 Å². The van der Waals surface area contributed by atoms with Crippen LogP contribution in [0.25, 0.3) is 0 Å². The van der Waals surface area contributed by atoms with Crippen LogP contribution in [0.4, 0.5) is 4.79 Å². The molecule has 0 saturated heterocycles. The van der Waals surface area contributed by atoms with Gasteiger partial charge in [0.1, 0.15) is 6.04 Å². The Morgan fingerprint density at radius 3 is 2.23 bits per heavy atom. The van der Waals surface area contributed by atoms with Crippen LogP contribution in [0.3, 0.4) is 0 Å². The molecule has 1 aromatic rings. The predicted octanol–water partition coefficient (Wildman–Crippen LogP) is 2.74. The van der Waals surface area contributed by atoms with Gasteiger partial charge in [0, 0.05) is 17.0 Å². The lowest BCUT2D eigenvalue weighted by Gasteiger charge is -2.17. The number of thioether (sulfide) groups is 1. The first kappa shape index (κ1) is 25.3. The number of carbonyl (C=O) groups is 4. The molecule has 0 spiro atoms. The van der Waals surface area contributed by atoms with E-state index in [2.05, 4.69) is 10.6 Å². The Hall–Kier alpha value is -2.75. The normalized spacial score (nSPS) is 12.5. The zero-order valence-electron chi connectivity index (χ0n) is 17.1. The van der Waals surface area contributed by atoms with E-state index in [4.69, 9.17) is 9.84 Å². The van der Waals surface area contributed by atoms with E-state index < -0.39 is 30.2 Å². The van der Waals surface area contributed by atoms with Crippen LogP contribution in [0, 0.1) is 0 Å². The van der Waals surface area contributed by atoms with E-state index in [-0.39, 0.29) is 18.7 Å². The highest BCUT2D eigenvalue weighted by Gasteiger charge is 2.25. The molecule has 30 heavy (non-hydrogen) atoms. The van der Waals surface area contributed by atoms with E-state index in [0.717, 1.165) is 4.90 Å². The Kier molecular flexibility index (Phi) is 11.4. The molecule has 4 N–H and O–H groups in total. The zero-order valence-corrected chi connectivity index (χ0v) is 17.9. The van der Waals surface area contributed by atoms with Gasteiger partial charge in [-0.25, -0.2) is 14.4 Å². The molecule has 0 bridgehead atoms. The second-order valence-electron chi connectivity index (χ2n) is 6.54. The Bertz CT molecular complexity index is 724. The maximum Gasteiger partial charge on any atom is 0.408 e. The van der Waals surface area contributed by atoms with Gasteiger partial charge in [0.25, 0.3) is 5.91 Å². The molecule has 0 aliphatic heterocycles. The number of nitrogens with one attached hydrogen (secondary N) is 2. The third kappa shape index (κ3) is 9.17. The fourth-order valence-electron chi connectivity index (χ4n) is 2.59. The number of ether oxygens (including phenoxy) is 1. The number of rotatable bonds is 13. The molecule has 1 rings (SSSR count). The van der Waals surface area contributed by atoms with E-state index in [1.807, 2.05) is 18.4 Å². The van der Waals surface area contributed by atoms with Gasteiger partial charge in [0.05, 0.1) is 0 Å². The summed E-state index contributed by atoms with van der Waals surface area (Å²) < 4.78 is 4.86. The molecule has 0 aliphatic rings. The summed E-state index contributed by atoms with van der Waals surface area (Å²) in [5, 5.41) is 23.2. The van der Waals surface area contributed by atoms with Crippen molar-refractivity contribution in [1.29, 1.82) is 0 Å². The van der Waals surface area contributed by atoms with Crippen LogP contribution >= 0.6 is 11.8 Å². The van der Waals surface area contributed by atoms with Crippen molar-refractivity contribution in [3.63, 3.8) is 0 Å². The number of hydrogen-bond donors (Lipinski definition) is 4. The monoisotopic (exact) mass is 440 g/mol. The van der Waals surface area contributed by atoms with Crippen molar-refractivity contribution in [2.75, 3.05) is 12.8 Å². The third-order valence-corrected chi connectivity index (χ3v) is 4.97. The van der Waals surface area contributed by atoms with Gasteiger partial charge in [-0.15, -0.1) is 11.8 Å². The Labute approximate surface area is 179 Å². The van der Waals surface area contributed by atoms with Crippen molar-refractivity contribution in [2.45, 2.75) is 56.1 Å². The summed E-state index contributed by atoms with van der Waals surface area (Å²) in [6.45, 7) is 2.11. The Balaban J connectivity index is 2.38. The Morgan fingerprint density at radius 1 is 1.03 bits per heavy atom. The van der Waals surface area contributed by atoms with E-state index >= 15 is 0 Å². The van der Waals surface area contributed by atoms with E-state index in [1.54, 1.807) is 30.8 Å². The highest BCUT2D eigenvalue weighted by molar-refractivity contribution is 7.98. The lowest BCUT2D eigenvalue weighted by molar-refractivity contribution is -0.147. The van der Waals surface area contributed by atoms with E-state index in [9.17, 15) is 24.3 Å². The van der Waals surface area contributed by atoms with Gasteiger partial charge in [-0.3, -0.25) is 4.79 Å². The van der Waals surface area contributed by atoms with Crippen molar-refractivity contribution in [1.82, 2.24) is 10.6 Å². The maximum absolute atomic E-state index is 12.1. The molecular formula is C20H28N2O7S. The first-order valence-corrected chi connectivity index (χ1v) is 10.9.